The smallest absolute Gasteiger partial charge is 0.257 e. The van der Waals surface area contributed by atoms with Crippen molar-refractivity contribution in [3.8, 4) is 12.3 Å². The van der Waals surface area contributed by atoms with E-state index in [2.05, 4.69) is 16.0 Å². The van der Waals surface area contributed by atoms with Gasteiger partial charge < -0.3 is 5.32 Å². The van der Waals surface area contributed by atoms with Crippen LogP contribution in [0.15, 0.2) is 47.4 Å². The Morgan fingerprint density at radius 2 is 1.92 bits per heavy atom. The molecule has 0 aliphatic heterocycles. The average Bonchev–Trinajstić information content (AvgIpc) is 2.54. The Bertz CT molecular complexity index is 947. The predicted octanol–water partition coefficient (Wildman–Crippen LogP) is 3.26. The fourth-order valence-corrected chi connectivity index (χ4v) is 3.59. The van der Waals surface area contributed by atoms with Crippen LogP contribution in [0.3, 0.4) is 0 Å². The molecular weight excluding hydrogens is 360 g/mol. The number of hydrogen-bond donors (Lipinski definition) is 2. The molecule has 2 N–H and O–H groups in total. The van der Waals surface area contributed by atoms with Gasteiger partial charge in [0.15, 0.2) is 0 Å². The normalized spacial score (nSPS) is 11.2. The maximum Gasteiger partial charge on any atom is 0.257 e. The van der Waals surface area contributed by atoms with Crippen LogP contribution in [0.25, 0.3) is 0 Å². The predicted molar refractivity (Wildman–Crippen MR) is 99.2 cm³/mol. The van der Waals surface area contributed by atoms with Gasteiger partial charge in [-0.25, -0.2) is 13.1 Å². The SMILES string of the molecule is C#Cc1cccc(NC(=O)c2cc(S(=O)(=O)NC(C)C)ccc2Cl)c1. The molecule has 0 aliphatic carbocycles. The molecule has 0 bridgehead atoms. The molecule has 7 heteroatoms. The molecule has 0 spiro atoms. The number of carbonyl (C=O) groups is 1. The van der Waals surface area contributed by atoms with Crippen molar-refractivity contribution in [2.75, 3.05) is 5.32 Å². The van der Waals surface area contributed by atoms with Gasteiger partial charge in [0.25, 0.3) is 5.91 Å². The van der Waals surface area contributed by atoms with E-state index in [1.807, 2.05) is 0 Å². The monoisotopic (exact) mass is 376 g/mol. The van der Waals surface area contributed by atoms with E-state index in [1.165, 1.54) is 18.2 Å². The molecule has 0 fully saturated rings. The Kier molecular flexibility index (Phi) is 5.85. The molecule has 130 valence electrons. The number of anilines is 1. The first-order valence-corrected chi connectivity index (χ1v) is 9.29. The van der Waals surface area contributed by atoms with Crippen molar-refractivity contribution in [3.63, 3.8) is 0 Å². The number of rotatable bonds is 5. The van der Waals surface area contributed by atoms with E-state index in [0.29, 0.717) is 11.3 Å². The number of nitrogens with one attached hydrogen (secondary N) is 2. The molecule has 0 saturated carbocycles. The number of benzene rings is 2. The third-order valence-corrected chi connectivity index (χ3v) is 5.16. The lowest BCUT2D eigenvalue weighted by atomic mass is 10.2. The summed E-state index contributed by atoms with van der Waals surface area (Å²) in [6.07, 6.45) is 5.33. The Balaban J connectivity index is 2.33. The van der Waals surface area contributed by atoms with E-state index in [1.54, 1.807) is 38.1 Å². The Morgan fingerprint density at radius 3 is 2.56 bits per heavy atom. The topological polar surface area (TPSA) is 75.3 Å². The average molecular weight is 377 g/mol. The molecule has 0 atom stereocenters. The van der Waals surface area contributed by atoms with Gasteiger partial charge in [0.2, 0.25) is 10.0 Å². The van der Waals surface area contributed by atoms with Crippen LogP contribution < -0.4 is 10.0 Å². The maximum atomic E-state index is 12.5. The number of carbonyl (C=O) groups excluding carboxylic acids is 1. The van der Waals surface area contributed by atoms with Crippen molar-refractivity contribution < 1.29 is 13.2 Å². The summed E-state index contributed by atoms with van der Waals surface area (Å²) in [4.78, 5) is 12.4. The second-order valence-electron chi connectivity index (χ2n) is 5.60. The Morgan fingerprint density at radius 1 is 1.20 bits per heavy atom. The molecule has 1 amide bonds. The van der Waals surface area contributed by atoms with E-state index in [9.17, 15) is 13.2 Å². The summed E-state index contributed by atoms with van der Waals surface area (Å²) in [6.45, 7) is 3.42. The second kappa shape index (κ2) is 7.70. The molecule has 25 heavy (non-hydrogen) atoms. The minimum atomic E-state index is -3.73. The minimum absolute atomic E-state index is 0.0341. The van der Waals surface area contributed by atoms with Crippen molar-refractivity contribution in [1.82, 2.24) is 4.72 Å². The van der Waals surface area contributed by atoms with Crippen molar-refractivity contribution >= 4 is 33.2 Å². The molecular formula is C18H17ClN2O3S. The summed E-state index contributed by atoms with van der Waals surface area (Å²) in [7, 11) is -3.73. The van der Waals surface area contributed by atoms with Gasteiger partial charge in [0, 0.05) is 17.3 Å². The zero-order valence-electron chi connectivity index (χ0n) is 13.7. The highest BCUT2D eigenvalue weighted by molar-refractivity contribution is 7.89. The van der Waals surface area contributed by atoms with Crippen LogP contribution in [0.2, 0.25) is 5.02 Å². The molecule has 2 aromatic carbocycles. The van der Waals surface area contributed by atoms with Gasteiger partial charge in [-0.2, -0.15) is 0 Å². The van der Waals surface area contributed by atoms with Crippen LogP contribution in [0.4, 0.5) is 5.69 Å². The van der Waals surface area contributed by atoms with Crippen LogP contribution in [0.5, 0.6) is 0 Å². The van der Waals surface area contributed by atoms with E-state index < -0.39 is 15.9 Å². The largest absolute Gasteiger partial charge is 0.322 e. The molecule has 5 nitrogen and oxygen atoms in total. The quantitative estimate of drug-likeness (QED) is 0.786. The standard InChI is InChI=1S/C18H17ClN2O3S/c1-4-13-6-5-7-14(10-13)20-18(22)16-11-15(8-9-17(16)19)25(23,24)21-12(2)3/h1,5-12,21H,2-3H3,(H,20,22). The van der Waals surface area contributed by atoms with Crippen LogP contribution in [-0.2, 0) is 10.0 Å². The summed E-state index contributed by atoms with van der Waals surface area (Å²) in [6, 6.07) is 10.4. The van der Waals surface area contributed by atoms with Crippen LogP contribution in [0.1, 0.15) is 29.8 Å². The molecule has 2 rings (SSSR count). The van der Waals surface area contributed by atoms with Gasteiger partial charge in [-0.1, -0.05) is 23.6 Å². The van der Waals surface area contributed by atoms with Gasteiger partial charge in [-0.15, -0.1) is 6.42 Å². The highest BCUT2D eigenvalue weighted by Gasteiger charge is 2.19. The Hall–Kier alpha value is -2.33. The molecule has 0 aliphatic rings. The number of sulfonamides is 1. The van der Waals surface area contributed by atoms with E-state index in [-0.39, 0.29) is 21.5 Å². The fraction of sp³-hybridized carbons (Fsp3) is 0.167. The van der Waals surface area contributed by atoms with Gasteiger partial charge in [-0.05, 0) is 50.2 Å². The second-order valence-corrected chi connectivity index (χ2v) is 7.72. The Labute approximate surface area is 152 Å². The van der Waals surface area contributed by atoms with E-state index in [0.717, 1.165) is 0 Å². The lowest BCUT2D eigenvalue weighted by Crippen LogP contribution is -2.30. The third kappa shape index (κ3) is 4.83. The van der Waals surface area contributed by atoms with Crippen molar-refractivity contribution in [1.29, 1.82) is 0 Å². The van der Waals surface area contributed by atoms with Crippen LogP contribution in [0, 0.1) is 12.3 Å². The van der Waals surface area contributed by atoms with E-state index >= 15 is 0 Å². The number of terminal acetylenes is 1. The molecule has 2 aromatic rings. The van der Waals surface area contributed by atoms with Crippen LogP contribution >= 0.6 is 11.6 Å². The van der Waals surface area contributed by atoms with Crippen molar-refractivity contribution in [2.24, 2.45) is 0 Å². The van der Waals surface area contributed by atoms with Crippen LogP contribution in [-0.4, -0.2) is 20.4 Å². The molecule has 0 saturated heterocycles. The zero-order valence-corrected chi connectivity index (χ0v) is 15.3. The highest BCUT2D eigenvalue weighted by atomic mass is 35.5. The zero-order chi connectivity index (χ0) is 18.6. The summed E-state index contributed by atoms with van der Waals surface area (Å²) in [5, 5.41) is 2.81. The van der Waals surface area contributed by atoms with Gasteiger partial charge in [-0.3, -0.25) is 4.79 Å². The fourth-order valence-electron chi connectivity index (χ4n) is 2.11. The summed E-state index contributed by atoms with van der Waals surface area (Å²) in [5.41, 5.74) is 1.16. The minimum Gasteiger partial charge on any atom is -0.322 e. The first-order valence-electron chi connectivity index (χ1n) is 7.43. The highest BCUT2D eigenvalue weighted by Crippen LogP contribution is 2.22. The van der Waals surface area contributed by atoms with Gasteiger partial charge in [0.1, 0.15) is 0 Å². The van der Waals surface area contributed by atoms with Crippen molar-refractivity contribution in [2.45, 2.75) is 24.8 Å². The summed E-state index contributed by atoms with van der Waals surface area (Å²) < 4.78 is 27.0. The first-order chi connectivity index (χ1) is 11.7. The lowest BCUT2D eigenvalue weighted by molar-refractivity contribution is 0.102. The van der Waals surface area contributed by atoms with Gasteiger partial charge in [0.05, 0.1) is 15.5 Å². The maximum absolute atomic E-state index is 12.5. The number of amides is 1. The summed E-state index contributed by atoms with van der Waals surface area (Å²) in [5.74, 6) is 1.95. The van der Waals surface area contributed by atoms with Crippen molar-refractivity contribution in [3.05, 3.63) is 58.6 Å². The number of hydrogen-bond acceptors (Lipinski definition) is 3. The van der Waals surface area contributed by atoms with Gasteiger partial charge >= 0.3 is 0 Å². The first kappa shape index (κ1) is 19.0. The molecule has 0 aromatic heterocycles. The molecule has 0 unspecified atom stereocenters. The number of halogens is 1. The summed E-state index contributed by atoms with van der Waals surface area (Å²) >= 11 is 6.06. The third-order valence-electron chi connectivity index (χ3n) is 3.17. The van der Waals surface area contributed by atoms with E-state index in [4.69, 9.17) is 18.0 Å². The lowest BCUT2D eigenvalue weighted by Gasteiger charge is -2.12. The molecule has 0 heterocycles. The molecule has 0 radical (unpaired) electrons.